The molecule has 0 amide bonds. The maximum absolute atomic E-state index is 2.54. The Hall–Kier alpha value is -12.7. The van der Waals surface area contributed by atoms with E-state index >= 15 is 0 Å². The van der Waals surface area contributed by atoms with Crippen molar-refractivity contribution in [2.45, 2.75) is 38.5 Å². The van der Waals surface area contributed by atoms with E-state index in [1.807, 2.05) is 22.7 Å². The SMILES string of the molecule is CC1(C)c2cc(-c3ccc4ccccc4c3)ccc2-c2ccc(N(c3ccc(-c4cccc5c4sc4ccc(-c6ccc(-c7ccccc7)c(N(c7ccc8c(c7)C(C)(C)c7cc(-c9ccc%10ccccc%10c9)ccc7-8)c7ccc8sc9ccccc9c8c7)c6)cc45)cc3)c3ccccc3-c3ccccc3)cc21. The van der Waals surface area contributed by atoms with E-state index in [-0.39, 0.29) is 10.8 Å². The minimum Gasteiger partial charge on any atom is -0.310 e. The highest BCUT2D eigenvalue weighted by atomic mass is 32.1. The summed E-state index contributed by atoms with van der Waals surface area (Å²) >= 11 is 3.75. The molecule has 0 fully saturated rings. The first-order chi connectivity index (χ1) is 53.0. The maximum atomic E-state index is 2.54. The van der Waals surface area contributed by atoms with Crippen LogP contribution < -0.4 is 9.80 Å². The lowest BCUT2D eigenvalue weighted by atomic mass is 9.81. The average Bonchev–Trinajstić information content (AvgIpc) is 1.56. The van der Waals surface area contributed by atoms with E-state index in [1.54, 1.807) is 0 Å². The third-order valence-corrected chi connectivity index (χ3v) is 25.8. The first-order valence-electron chi connectivity index (χ1n) is 37.5. The van der Waals surface area contributed by atoms with Gasteiger partial charge in [-0.2, -0.15) is 0 Å². The normalized spacial score (nSPS) is 13.1. The van der Waals surface area contributed by atoms with Crippen molar-refractivity contribution in [3.63, 3.8) is 0 Å². The number of para-hydroxylation sites is 1. The van der Waals surface area contributed by atoms with Crippen LogP contribution in [0.15, 0.2) is 364 Å². The summed E-state index contributed by atoms with van der Waals surface area (Å²) in [5.74, 6) is 0. The van der Waals surface area contributed by atoms with Gasteiger partial charge in [-0.25, -0.2) is 0 Å². The van der Waals surface area contributed by atoms with Crippen molar-refractivity contribution < 1.29 is 0 Å². The molecule has 21 rings (SSSR count). The first kappa shape index (κ1) is 63.7. The van der Waals surface area contributed by atoms with Gasteiger partial charge < -0.3 is 9.80 Å². The zero-order valence-electron chi connectivity index (χ0n) is 60.4. The summed E-state index contributed by atoms with van der Waals surface area (Å²) in [5.41, 5.74) is 31.1. The van der Waals surface area contributed by atoms with E-state index in [1.165, 1.54) is 156 Å². The number of anilines is 6. The van der Waals surface area contributed by atoms with Gasteiger partial charge in [0.25, 0.3) is 0 Å². The van der Waals surface area contributed by atoms with Gasteiger partial charge in [0, 0.05) is 85.1 Å². The third kappa shape index (κ3) is 10.4. The molecule has 510 valence electrons. The van der Waals surface area contributed by atoms with Crippen molar-refractivity contribution >= 4 is 119 Å². The molecule has 0 radical (unpaired) electrons. The van der Waals surface area contributed by atoms with Crippen LogP contribution in [0.2, 0.25) is 0 Å². The smallest absolute Gasteiger partial charge is 0.0546 e. The van der Waals surface area contributed by atoms with Crippen molar-refractivity contribution in [3.05, 3.63) is 386 Å². The van der Waals surface area contributed by atoms with Gasteiger partial charge in [-0.15, -0.1) is 22.7 Å². The molecule has 0 N–H and O–H groups in total. The molecule has 0 spiro atoms. The summed E-state index contributed by atoms with van der Waals surface area (Å²) in [6.45, 7) is 9.63. The van der Waals surface area contributed by atoms with Crippen molar-refractivity contribution in [1.82, 2.24) is 0 Å². The van der Waals surface area contributed by atoms with Crippen LogP contribution >= 0.6 is 22.7 Å². The van der Waals surface area contributed by atoms with E-state index in [0.717, 1.165) is 50.8 Å². The fourth-order valence-electron chi connectivity index (χ4n) is 17.8. The molecule has 19 aromatic rings. The van der Waals surface area contributed by atoms with E-state index in [0.29, 0.717) is 0 Å². The number of benzene rings is 17. The fourth-order valence-corrected chi connectivity index (χ4v) is 20.1. The number of hydrogen-bond donors (Lipinski definition) is 0. The Labute approximate surface area is 637 Å². The number of nitrogens with zero attached hydrogens (tertiary/aromatic N) is 2. The summed E-state index contributed by atoms with van der Waals surface area (Å²) in [4.78, 5) is 5.02. The topological polar surface area (TPSA) is 6.48 Å². The Kier molecular flexibility index (Phi) is 14.7. The van der Waals surface area contributed by atoms with Gasteiger partial charge in [0.2, 0.25) is 0 Å². The van der Waals surface area contributed by atoms with Crippen LogP contribution in [0.4, 0.5) is 34.1 Å². The van der Waals surface area contributed by atoms with E-state index in [4.69, 9.17) is 0 Å². The van der Waals surface area contributed by atoms with Gasteiger partial charge >= 0.3 is 0 Å². The summed E-state index contributed by atoms with van der Waals surface area (Å²) in [6, 6.07) is 137. The van der Waals surface area contributed by atoms with E-state index < -0.39 is 0 Å². The Balaban J connectivity index is 0.657. The molecule has 4 heteroatoms. The van der Waals surface area contributed by atoms with Crippen LogP contribution in [-0.2, 0) is 10.8 Å². The zero-order chi connectivity index (χ0) is 71.9. The summed E-state index contributed by atoms with van der Waals surface area (Å²) in [5, 5.41) is 10.1. The molecule has 0 aliphatic heterocycles. The largest absolute Gasteiger partial charge is 0.310 e. The Morgan fingerprint density at radius 2 is 0.583 bits per heavy atom. The van der Waals surface area contributed by atoms with Crippen molar-refractivity contribution in [3.8, 4) is 89.0 Å². The van der Waals surface area contributed by atoms with Crippen LogP contribution in [0, 0.1) is 0 Å². The van der Waals surface area contributed by atoms with Crippen molar-refractivity contribution in [1.29, 1.82) is 0 Å². The predicted octanol–water partition coefficient (Wildman–Crippen LogP) is 30.3. The molecular formula is C104H72N2S2. The zero-order valence-corrected chi connectivity index (χ0v) is 62.0. The first-order valence-corrected chi connectivity index (χ1v) is 39.1. The van der Waals surface area contributed by atoms with Crippen LogP contribution in [0.5, 0.6) is 0 Å². The Bertz CT molecular complexity index is 6870. The number of thiophene rings is 2. The molecule has 2 aliphatic carbocycles. The Morgan fingerprint density at radius 1 is 0.204 bits per heavy atom. The minimum atomic E-state index is -0.280. The predicted molar refractivity (Wildman–Crippen MR) is 464 cm³/mol. The highest BCUT2D eigenvalue weighted by Gasteiger charge is 2.39. The van der Waals surface area contributed by atoms with Crippen molar-refractivity contribution in [2.75, 3.05) is 9.80 Å². The number of hydrogen-bond acceptors (Lipinski definition) is 4. The second kappa shape index (κ2) is 25.0. The monoisotopic (exact) mass is 1410 g/mol. The summed E-state index contributed by atoms with van der Waals surface area (Å²) in [6.07, 6.45) is 0. The van der Waals surface area contributed by atoms with Gasteiger partial charge in [-0.3, -0.25) is 0 Å². The van der Waals surface area contributed by atoms with Crippen LogP contribution in [0.3, 0.4) is 0 Å². The lowest BCUT2D eigenvalue weighted by Gasteiger charge is -2.30. The third-order valence-electron chi connectivity index (χ3n) is 23.4. The van der Waals surface area contributed by atoms with Crippen LogP contribution in [0.25, 0.3) is 151 Å². The van der Waals surface area contributed by atoms with Gasteiger partial charge in [0.05, 0.1) is 11.4 Å². The molecule has 2 aromatic heterocycles. The molecule has 0 saturated heterocycles. The highest BCUT2D eigenvalue weighted by molar-refractivity contribution is 7.26. The Morgan fingerprint density at radius 3 is 1.21 bits per heavy atom. The maximum Gasteiger partial charge on any atom is 0.0546 e. The van der Waals surface area contributed by atoms with Crippen LogP contribution in [0.1, 0.15) is 49.9 Å². The van der Waals surface area contributed by atoms with E-state index in [9.17, 15) is 0 Å². The number of fused-ring (bicyclic) bond motifs is 14. The molecule has 0 bridgehead atoms. The molecule has 2 nitrogen and oxygen atoms in total. The second-order valence-corrected chi connectivity index (χ2v) is 32.5. The summed E-state index contributed by atoms with van der Waals surface area (Å²) in [7, 11) is 0. The molecular weight excluding hydrogens is 1340 g/mol. The van der Waals surface area contributed by atoms with Crippen LogP contribution in [-0.4, -0.2) is 0 Å². The van der Waals surface area contributed by atoms with E-state index in [2.05, 4.69) is 401 Å². The standard InChI is InChI=1S/C104H72N2S2/c1-103(2)93-59-75(72-36-34-65-20-11-13-26-70(65)56-72)41-50-85(93)87-52-46-80(63-95(87)103)105(97-32-17-15-28-82(97)67-22-7-5-8-23-67)78-44-38-69(39-45-78)84-30-19-31-90-91-58-74(43-54-101(91)108-102(84)90)77-40-49-83(68-24-9-6-10-25-68)98(61-77)106(79-48-55-100-92(62-79)89-29-16-18-33-99(89)107-100)81-47-53-88-86-51-42-76(60-94(86)104(3,4)96(88)64-81)73-37-35-66-21-12-14-27-71(66)57-73/h5-64H,1-4H3. The number of rotatable bonds is 12. The fraction of sp³-hybridized carbons (Fsp3) is 0.0577. The second-order valence-electron chi connectivity index (χ2n) is 30.3. The van der Waals surface area contributed by atoms with Gasteiger partial charge in [-0.1, -0.05) is 282 Å². The van der Waals surface area contributed by atoms with Crippen molar-refractivity contribution in [2.24, 2.45) is 0 Å². The molecule has 0 atom stereocenters. The molecule has 0 saturated carbocycles. The highest BCUT2D eigenvalue weighted by Crippen LogP contribution is 2.56. The average molecular weight is 1410 g/mol. The quantitative estimate of drug-likeness (QED) is 0.120. The lowest BCUT2D eigenvalue weighted by Crippen LogP contribution is -2.17. The van der Waals surface area contributed by atoms with Gasteiger partial charge in [0.15, 0.2) is 0 Å². The molecule has 0 unspecified atom stereocenters. The minimum absolute atomic E-state index is 0.249. The van der Waals surface area contributed by atoms with Gasteiger partial charge in [-0.05, 0) is 231 Å². The molecule has 108 heavy (non-hydrogen) atoms. The summed E-state index contributed by atoms with van der Waals surface area (Å²) < 4.78 is 5.12. The lowest BCUT2D eigenvalue weighted by molar-refractivity contribution is 0.660. The van der Waals surface area contributed by atoms with Gasteiger partial charge in [0.1, 0.15) is 0 Å². The molecule has 2 aliphatic rings. The molecule has 2 heterocycles. The molecule has 17 aromatic carbocycles.